The second kappa shape index (κ2) is 9.74. The topological polar surface area (TPSA) is 102 Å². The lowest BCUT2D eigenvalue weighted by Gasteiger charge is -2.18. The number of anilines is 3. The number of nitrogens with zero attached hydrogens (tertiary/aromatic N) is 5. The minimum atomic E-state index is -0.639. The second-order valence-corrected chi connectivity index (χ2v) is 8.21. The molecule has 0 aliphatic rings. The molecule has 0 saturated heterocycles. The highest BCUT2D eigenvalue weighted by atomic mass is 35.5. The van der Waals surface area contributed by atoms with Crippen molar-refractivity contribution in [1.29, 1.82) is 0 Å². The smallest absolute Gasteiger partial charge is 0.355 e. The molecule has 0 atom stereocenters. The second-order valence-electron chi connectivity index (χ2n) is 7.40. The van der Waals surface area contributed by atoms with Crippen LogP contribution in [0.3, 0.4) is 0 Å². The summed E-state index contributed by atoms with van der Waals surface area (Å²) in [4.78, 5) is 27.9. The molecule has 4 aromatic rings. The van der Waals surface area contributed by atoms with E-state index in [0.717, 1.165) is 29.9 Å². The van der Waals surface area contributed by atoms with Crippen molar-refractivity contribution < 1.29 is 0 Å². The van der Waals surface area contributed by atoms with Crippen LogP contribution in [0.25, 0.3) is 16.7 Å². The summed E-state index contributed by atoms with van der Waals surface area (Å²) < 4.78 is 1.16. The van der Waals surface area contributed by atoms with Gasteiger partial charge in [0.15, 0.2) is 5.65 Å². The fourth-order valence-electron chi connectivity index (χ4n) is 3.51. The van der Waals surface area contributed by atoms with E-state index in [1.54, 1.807) is 18.2 Å². The molecule has 0 spiro atoms. The molecular formula is C23H23Cl2N7O. The van der Waals surface area contributed by atoms with Gasteiger partial charge >= 0.3 is 5.69 Å². The van der Waals surface area contributed by atoms with Gasteiger partial charge in [-0.15, -0.1) is 0 Å². The quantitative estimate of drug-likeness (QED) is 0.394. The van der Waals surface area contributed by atoms with E-state index in [1.807, 2.05) is 12.1 Å². The van der Waals surface area contributed by atoms with Crippen molar-refractivity contribution in [1.82, 2.24) is 24.4 Å². The fraction of sp³-hybridized carbons (Fsp3) is 0.217. The normalized spacial score (nSPS) is 11.3. The van der Waals surface area contributed by atoms with Crippen LogP contribution >= 0.6 is 23.2 Å². The largest absolute Gasteiger partial charge is 0.384 e. The first-order valence-electron chi connectivity index (χ1n) is 10.5. The number of aromatic nitrogens is 4. The van der Waals surface area contributed by atoms with Crippen LogP contribution in [0.2, 0.25) is 10.0 Å². The Morgan fingerprint density at radius 3 is 2.33 bits per heavy atom. The van der Waals surface area contributed by atoms with Gasteiger partial charge in [-0.1, -0.05) is 55.2 Å². The molecule has 0 amide bonds. The first-order valence-corrected chi connectivity index (χ1v) is 11.2. The van der Waals surface area contributed by atoms with Crippen LogP contribution in [-0.2, 0) is 6.54 Å². The molecule has 0 aliphatic heterocycles. The lowest BCUT2D eigenvalue weighted by atomic mass is 10.2. The number of fused-ring (bicyclic) bond motifs is 1. The van der Waals surface area contributed by atoms with Crippen molar-refractivity contribution in [3.63, 3.8) is 0 Å². The fourth-order valence-corrected chi connectivity index (χ4v) is 4.08. The molecular weight excluding hydrogens is 461 g/mol. The Balaban J connectivity index is 1.64. The summed E-state index contributed by atoms with van der Waals surface area (Å²) in [5, 5.41) is 4.11. The molecule has 4 rings (SSSR count). The summed E-state index contributed by atoms with van der Waals surface area (Å²) in [5.41, 5.74) is 8.12. The zero-order chi connectivity index (χ0) is 23.5. The number of para-hydroxylation sites is 1. The van der Waals surface area contributed by atoms with Gasteiger partial charge in [0, 0.05) is 18.4 Å². The van der Waals surface area contributed by atoms with Crippen LogP contribution < -0.4 is 16.7 Å². The number of nitrogen functional groups attached to an aromatic ring is 1. The van der Waals surface area contributed by atoms with Crippen LogP contribution in [0.15, 0.2) is 53.5 Å². The van der Waals surface area contributed by atoms with E-state index in [-0.39, 0.29) is 27.2 Å². The van der Waals surface area contributed by atoms with Crippen molar-refractivity contribution in [2.75, 3.05) is 24.1 Å². The summed E-state index contributed by atoms with van der Waals surface area (Å²) in [6.45, 7) is 7.19. The number of hydrogen-bond donors (Lipinski definition) is 2. The number of benzene rings is 2. The summed E-state index contributed by atoms with van der Waals surface area (Å²) in [6, 6.07) is 13.0. The summed E-state index contributed by atoms with van der Waals surface area (Å²) >= 11 is 12.5. The molecule has 0 unspecified atom stereocenters. The third-order valence-corrected chi connectivity index (χ3v) is 5.96. The van der Waals surface area contributed by atoms with Gasteiger partial charge < -0.3 is 11.1 Å². The minimum Gasteiger partial charge on any atom is -0.384 e. The van der Waals surface area contributed by atoms with E-state index >= 15 is 0 Å². The monoisotopic (exact) mass is 483 g/mol. The van der Waals surface area contributed by atoms with Gasteiger partial charge in [-0.05, 0) is 42.9 Å². The molecule has 10 heteroatoms. The van der Waals surface area contributed by atoms with Gasteiger partial charge in [0.05, 0.1) is 21.1 Å². The molecule has 0 bridgehead atoms. The predicted octanol–water partition coefficient (Wildman–Crippen LogP) is 4.65. The minimum absolute atomic E-state index is 0.104. The Morgan fingerprint density at radius 2 is 1.70 bits per heavy atom. The Bertz CT molecular complexity index is 1330. The van der Waals surface area contributed by atoms with Crippen molar-refractivity contribution >= 4 is 51.7 Å². The highest BCUT2D eigenvalue weighted by Gasteiger charge is 2.17. The maximum Gasteiger partial charge on any atom is 0.355 e. The molecule has 2 aromatic heterocycles. The van der Waals surface area contributed by atoms with Gasteiger partial charge in [-0.2, -0.15) is 9.97 Å². The average Bonchev–Trinajstić information content (AvgIpc) is 2.80. The van der Waals surface area contributed by atoms with Crippen LogP contribution in [0.4, 0.5) is 17.5 Å². The molecule has 170 valence electrons. The van der Waals surface area contributed by atoms with Crippen LogP contribution in [0, 0.1) is 0 Å². The van der Waals surface area contributed by atoms with E-state index in [1.165, 1.54) is 11.8 Å². The molecule has 8 nitrogen and oxygen atoms in total. The van der Waals surface area contributed by atoms with Gasteiger partial charge in [0.1, 0.15) is 5.82 Å². The predicted molar refractivity (Wildman–Crippen MR) is 134 cm³/mol. The molecule has 0 aliphatic carbocycles. The van der Waals surface area contributed by atoms with E-state index in [9.17, 15) is 4.79 Å². The molecule has 3 N–H and O–H groups in total. The summed E-state index contributed by atoms with van der Waals surface area (Å²) in [6.07, 6.45) is 1.52. The lowest BCUT2D eigenvalue weighted by Crippen LogP contribution is -2.25. The van der Waals surface area contributed by atoms with E-state index < -0.39 is 5.69 Å². The van der Waals surface area contributed by atoms with Crippen molar-refractivity contribution in [3.8, 4) is 5.69 Å². The molecule has 0 radical (unpaired) electrons. The van der Waals surface area contributed by atoms with Crippen molar-refractivity contribution in [2.24, 2.45) is 0 Å². The molecule has 2 heterocycles. The van der Waals surface area contributed by atoms with E-state index in [0.29, 0.717) is 11.3 Å². The lowest BCUT2D eigenvalue weighted by molar-refractivity contribution is 0.296. The highest BCUT2D eigenvalue weighted by Crippen LogP contribution is 2.30. The molecule has 0 fully saturated rings. The highest BCUT2D eigenvalue weighted by molar-refractivity contribution is 6.37. The Labute approximate surface area is 201 Å². The Kier molecular flexibility index (Phi) is 6.78. The SMILES string of the molecule is CCN(CC)Cc1ccc(Nc2ncc3c(N)n(-c4c(Cl)cccc4Cl)c(=O)nc3n2)cc1. The Morgan fingerprint density at radius 1 is 1.03 bits per heavy atom. The van der Waals surface area contributed by atoms with Gasteiger partial charge in [0.25, 0.3) is 0 Å². The Hall–Kier alpha value is -3.20. The zero-order valence-corrected chi connectivity index (χ0v) is 19.7. The third kappa shape index (κ3) is 4.78. The maximum absolute atomic E-state index is 12.8. The first-order chi connectivity index (χ1) is 15.9. The number of hydrogen-bond acceptors (Lipinski definition) is 7. The number of rotatable bonds is 7. The summed E-state index contributed by atoms with van der Waals surface area (Å²) in [5.74, 6) is 0.408. The number of halogens is 2. The summed E-state index contributed by atoms with van der Waals surface area (Å²) in [7, 11) is 0. The van der Waals surface area contributed by atoms with Crippen molar-refractivity contribution in [2.45, 2.75) is 20.4 Å². The molecule has 0 saturated carbocycles. The van der Waals surface area contributed by atoms with E-state index in [2.05, 4.69) is 51.1 Å². The van der Waals surface area contributed by atoms with Gasteiger partial charge in [0.2, 0.25) is 5.95 Å². The molecule has 33 heavy (non-hydrogen) atoms. The van der Waals surface area contributed by atoms with Crippen molar-refractivity contribution in [3.05, 3.63) is 74.8 Å². The average molecular weight is 484 g/mol. The van der Waals surface area contributed by atoms with E-state index in [4.69, 9.17) is 28.9 Å². The standard InChI is InChI=1S/C23H23Cl2N7O/c1-3-31(4-2)13-14-8-10-15(11-9-14)28-22-27-12-16-20(26)32(23(33)30-21(16)29-22)19-17(24)6-5-7-18(19)25/h5-12H,3-4,13,26H2,1-2H3,(H,28,29,30,33). The zero-order valence-electron chi connectivity index (χ0n) is 18.2. The van der Waals surface area contributed by atoms with Crippen LogP contribution in [-0.4, -0.2) is 37.5 Å². The van der Waals surface area contributed by atoms with Crippen LogP contribution in [0.1, 0.15) is 19.4 Å². The number of nitrogens with one attached hydrogen (secondary N) is 1. The first kappa shape index (κ1) is 23.0. The maximum atomic E-state index is 12.8. The third-order valence-electron chi connectivity index (χ3n) is 5.35. The van der Waals surface area contributed by atoms with Gasteiger partial charge in [-0.3, -0.25) is 4.90 Å². The van der Waals surface area contributed by atoms with Crippen LogP contribution in [0.5, 0.6) is 0 Å². The van der Waals surface area contributed by atoms with Gasteiger partial charge in [-0.25, -0.2) is 14.3 Å². The number of nitrogens with two attached hydrogens (primary N) is 1. The molecule has 2 aromatic carbocycles.